The molecule has 108 valence electrons. The highest BCUT2D eigenvalue weighted by Crippen LogP contribution is 2.37. The molecule has 1 aromatic heterocycles. The molecule has 0 saturated heterocycles. The Hall–Kier alpha value is -2.01. The van der Waals surface area contributed by atoms with Gasteiger partial charge in [-0.25, -0.2) is 9.78 Å². The molecule has 2 aromatic rings. The van der Waals surface area contributed by atoms with Gasteiger partial charge in [0.05, 0.1) is 12.2 Å². The fourth-order valence-corrected chi connectivity index (χ4v) is 3.59. The van der Waals surface area contributed by atoms with Gasteiger partial charge in [-0.1, -0.05) is 18.2 Å². The van der Waals surface area contributed by atoms with Gasteiger partial charge in [-0.15, -0.1) is 11.8 Å². The molecule has 1 atom stereocenters. The van der Waals surface area contributed by atoms with E-state index in [0.29, 0.717) is 17.6 Å². The van der Waals surface area contributed by atoms with E-state index in [-0.39, 0.29) is 5.56 Å². The van der Waals surface area contributed by atoms with Gasteiger partial charge in [-0.3, -0.25) is 0 Å². The van der Waals surface area contributed by atoms with Gasteiger partial charge >= 0.3 is 5.97 Å². The predicted molar refractivity (Wildman–Crippen MR) is 81.2 cm³/mol. The van der Waals surface area contributed by atoms with Crippen LogP contribution in [-0.2, 0) is 0 Å². The number of nitrogens with zero attached hydrogens (tertiary/aromatic N) is 1. The molecule has 2 heterocycles. The molecule has 4 nitrogen and oxygen atoms in total. The fraction of sp³-hybridized carbons (Fsp3) is 0.250. The molecule has 3 rings (SSSR count). The van der Waals surface area contributed by atoms with Gasteiger partial charge in [0, 0.05) is 17.9 Å². The Morgan fingerprint density at radius 3 is 3.05 bits per heavy atom. The lowest BCUT2D eigenvalue weighted by atomic mass is 9.95. The zero-order chi connectivity index (χ0) is 14.7. The third-order valence-electron chi connectivity index (χ3n) is 3.51. The van der Waals surface area contributed by atoms with Crippen LogP contribution in [0.5, 0.6) is 5.75 Å². The molecule has 0 fully saturated rings. The lowest BCUT2D eigenvalue weighted by molar-refractivity contribution is 0.0692. The molecule has 1 aromatic carbocycles. The van der Waals surface area contributed by atoms with Crippen molar-refractivity contribution in [1.29, 1.82) is 0 Å². The Kier molecular flexibility index (Phi) is 4.10. The number of carboxylic acid groups (broad SMARTS) is 1. The van der Waals surface area contributed by atoms with Crippen LogP contribution < -0.4 is 4.74 Å². The third-order valence-corrected chi connectivity index (χ3v) is 4.67. The SMILES string of the molecule is O=C(O)c1cccnc1SCC1CCOc2ccccc21. The summed E-state index contributed by atoms with van der Waals surface area (Å²) in [5.74, 6) is 1.17. The smallest absolute Gasteiger partial charge is 0.338 e. The summed E-state index contributed by atoms with van der Waals surface area (Å²) in [6.07, 6.45) is 2.58. The molecule has 0 aliphatic carbocycles. The van der Waals surface area contributed by atoms with E-state index in [1.165, 1.54) is 17.3 Å². The summed E-state index contributed by atoms with van der Waals surface area (Å²) >= 11 is 1.50. The largest absolute Gasteiger partial charge is 0.493 e. The highest BCUT2D eigenvalue weighted by Gasteiger charge is 2.22. The molecule has 0 spiro atoms. The number of fused-ring (bicyclic) bond motifs is 1. The third kappa shape index (κ3) is 3.03. The van der Waals surface area contributed by atoms with E-state index in [2.05, 4.69) is 11.1 Å². The zero-order valence-electron chi connectivity index (χ0n) is 11.4. The van der Waals surface area contributed by atoms with Crippen molar-refractivity contribution in [2.75, 3.05) is 12.4 Å². The first-order chi connectivity index (χ1) is 10.3. The molecule has 0 saturated carbocycles. The number of thioether (sulfide) groups is 1. The summed E-state index contributed by atoms with van der Waals surface area (Å²) in [7, 11) is 0. The molecule has 0 radical (unpaired) electrons. The van der Waals surface area contributed by atoms with E-state index >= 15 is 0 Å². The summed E-state index contributed by atoms with van der Waals surface area (Å²) < 4.78 is 5.65. The maximum atomic E-state index is 11.2. The fourth-order valence-electron chi connectivity index (χ4n) is 2.44. The van der Waals surface area contributed by atoms with Gasteiger partial charge in [-0.2, -0.15) is 0 Å². The van der Waals surface area contributed by atoms with Crippen LogP contribution in [0.3, 0.4) is 0 Å². The minimum Gasteiger partial charge on any atom is -0.493 e. The molecular weight excluding hydrogens is 286 g/mol. The van der Waals surface area contributed by atoms with Crippen molar-refractivity contribution in [3.63, 3.8) is 0 Å². The standard InChI is InChI=1S/C16H15NO3S/c18-16(19)13-5-3-8-17-15(13)21-10-11-7-9-20-14-6-2-1-4-12(11)14/h1-6,8,11H,7,9-10H2,(H,18,19). The first kappa shape index (κ1) is 13.9. The first-order valence-corrected chi connectivity index (χ1v) is 7.77. The molecule has 0 amide bonds. The van der Waals surface area contributed by atoms with Crippen LogP contribution in [0.2, 0.25) is 0 Å². The number of hydrogen-bond acceptors (Lipinski definition) is 4. The molecule has 1 aliphatic rings. The van der Waals surface area contributed by atoms with Crippen LogP contribution in [-0.4, -0.2) is 28.4 Å². The monoisotopic (exact) mass is 301 g/mol. The quantitative estimate of drug-likeness (QED) is 0.877. The number of rotatable bonds is 4. The van der Waals surface area contributed by atoms with E-state index in [1.807, 2.05) is 18.2 Å². The molecule has 5 heteroatoms. The number of pyridine rings is 1. The summed E-state index contributed by atoms with van der Waals surface area (Å²) in [6.45, 7) is 0.705. The number of carboxylic acids is 1. The number of para-hydroxylation sites is 1. The summed E-state index contributed by atoms with van der Waals surface area (Å²) in [5.41, 5.74) is 1.46. The van der Waals surface area contributed by atoms with Crippen molar-refractivity contribution >= 4 is 17.7 Å². The number of ether oxygens (including phenoxy) is 1. The number of carbonyl (C=O) groups is 1. The second-order valence-electron chi connectivity index (χ2n) is 4.84. The van der Waals surface area contributed by atoms with Crippen LogP contribution >= 0.6 is 11.8 Å². The van der Waals surface area contributed by atoms with Crippen molar-refractivity contribution in [1.82, 2.24) is 4.98 Å². The summed E-state index contributed by atoms with van der Waals surface area (Å²) in [4.78, 5) is 15.4. The van der Waals surface area contributed by atoms with Gasteiger partial charge in [0.25, 0.3) is 0 Å². The van der Waals surface area contributed by atoms with Crippen molar-refractivity contribution < 1.29 is 14.6 Å². The average molecular weight is 301 g/mol. The first-order valence-electron chi connectivity index (χ1n) is 6.78. The van der Waals surface area contributed by atoms with Crippen LogP contribution in [0.1, 0.15) is 28.3 Å². The van der Waals surface area contributed by atoms with Crippen LogP contribution in [0.15, 0.2) is 47.6 Å². The Morgan fingerprint density at radius 2 is 2.19 bits per heavy atom. The van der Waals surface area contributed by atoms with Crippen molar-refractivity contribution in [3.8, 4) is 5.75 Å². The van der Waals surface area contributed by atoms with Gasteiger partial charge in [0.2, 0.25) is 0 Å². The van der Waals surface area contributed by atoms with E-state index < -0.39 is 5.97 Å². The second kappa shape index (κ2) is 6.18. The zero-order valence-corrected chi connectivity index (χ0v) is 12.2. The summed E-state index contributed by atoms with van der Waals surface area (Å²) in [5, 5.41) is 9.76. The van der Waals surface area contributed by atoms with Gasteiger partial charge < -0.3 is 9.84 Å². The lowest BCUT2D eigenvalue weighted by Gasteiger charge is -2.25. The molecule has 0 bridgehead atoms. The Morgan fingerprint density at radius 1 is 1.33 bits per heavy atom. The molecule has 21 heavy (non-hydrogen) atoms. The van der Waals surface area contributed by atoms with Crippen molar-refractivity contribution in [2.24, 2.45) is 0 Å². The van der Waals surface area contributed by atoms with Crippen molar-refractivity contribution in [2.45, 2.75) is 17.4 Å². The maximum absolute atomic E-state index is 11.2. The number of aromatic nitrogens is 1. The van der Waals surface area contributed by atoms with Gasteiger partial charge in [-0.05, 0) is 30.2 Å². The Balaban J connectivity index is 1.76. The van der Waals surface area contributed by atoms with E-state index in [9.17, 15) is 9.90 Å². The topological polar surface area (TPSA) is 59.4 Å². The minimum atomic E-state index is -0.932. The van der Waals surface area contributed by atoms with E-state index in [1.54, 1.807) is 18.3 Å². The van der Waals surface area contributed by atoms with Crippen LogP contribution in [0.25, 0.3) is 0 Å². The Bertz CT molecular complexity index is 659. The highest BCUT2D eigenvalue weighted by atomic mass is 32.2. The minimum absolute atomic E-state index is 0.267. The summed E-state index contributed by atoms with van der Waals surface area (Å²) in [6, 6.07) is 11.3. The van der Waals surface area contributed by atoms with Gasteiger partial charge in [0.15, 0.2) is 0 Å². The second-order valence-corrected chi connectivity index (χ2v) is 5.85. The normalized spacial score (nSPS) is 16.9. The number of aromatic carboxylic acids is 1. The maximum Gasteiger partial charge on any atom is 0.338 e. The number of hydrogen-bond donors (Lipinski definition) is 1. The van der Waals surface area contributed by atoms with Crippen molar-refractivity contribution in [3.05, 3.63) is 53.7 Å². The predicted octanol–water partition coefficient (Wildman–Crippen LogP) is 3.44. The number of benzene rings is 1. The lowest BCUT2D eigenvalue weighted by Crippen LogP contribution is -2.16. The molecule has 1 N–H and O–H groups in total. The average Bonchev–Trinajstić information content (AvgIpc) is 2.53. The molecular formula is C16H15NO3S. The van der Waals surface area contributed by atoms with Crippen LogP contribution in [0.4, 0.5) is 0 Å². The van der Waals surface area contributed by atoms with Crippen LogP contribution in [0, 0.1) is 0 Å². The van der Waals surface area contributed by atoms with Gasteiger partial charge in [0.1, 0.15) is 10.8 Å². The highest BCUT2D eigenvalue weighted by molar-refractivity contribution is 7.99. The Labute approximate surface area is 127 Å². The molecule has 1 aliphatic heterocycles. The van der Waals surface area contributed by atoms with E-state index in [4.69, 9.17) is 4.74 Å². The molecule has 1 unspecified atom stereocenters. The van der Waals surface area contributed by atoms with E-state index in [0.717, 1.165) is 17.9 Å².